The number of nitrogens with zero attached hydrogens (tertiary/aromatic N) is 4. The molecule has 2 rings (SSSR count). The summed E-state index contributed by atoms with van der Waals surface area (Å²) in [5.41, 5.74) is 1.94. The van der Waals surface area contributed by atoms with Crippen molar-refractivity contribution in [3.8, 4) is 11.5 Å². The van der Waals surface area contributed by atoms with E-state index in [1.54, 1.807) is 0 Å². The second-order valence-electron chi connectivity index (χ2n) is 4.46. The molecule has 0 unspecified atom stereocenters. The molecule has 0 fully saturated rings. The molecule has 0 aliphatic heterocycles. The van der Waals surface area contributed by atoms with Gasteiger partial charge in [0.15, 0.2) is 5.82 Å². The molecule has 0 aliphatic rings. The molecule has 0 saturated carbocycles. The normalized spacial score (nSPS) is 10.7. The van der Waals surface area contributed by atoms with Gasteiger partial charge in [-0.2, -0.15) is 0 Å². The Morgan fingerprint density at radius 2 is 1.53 bits per heavy atom. The lowest BCUT2D eigenvalue weighted by Gasteiger charge is -2.06. The van der Waals surface area contributed by atoms with E-state index in [1.165, 1.54) is 0 Å². The highest BCUT2D eigenvalue weighted by molar-refractivity contribution is 5.49. The molecule has 0 amide bonds. The quantitative estimate of drug-likeness (QED) is 0.825. The zero-order chi connectivity index (χ0) is 13.7. The maximum atomic E-state index is 4.63. The van der Waals surface area contributed by atoms with E-state index in [0.29, 0.717) is 5.82 Å². The molecule has 0 spiro atoms. The number of rotatable bonds is 5. The van der Waals surface area contributed by atoms with Crippen LogP contribution in [0.3, 0.4) is 0 Å². The topological polar surface area (TPSA) is 51.6 Å². The average molecular weight is 256 g/mol. The van der Waals surface area contributed by atoms with Crippen LogP contribution < -0.4 is 0 Å². The molecule has 0 N–H and O–H groups in total. The Bertz CT molecular complexity index is 529. The van der Waals surface area contributed by atoms with E-state index in [1.807, 2.05) is 12.1 Å². The van der Waals surface area contributed by atoms with Crippen molar-refractivity contribution >= 4 is 0 Å². The Labute approximate surface area is 114 Å². The molecule has 2 aromatic heterocycles. The molecule has 4 nitrogen and oxygen atoms in total. The summed E-state index contributed by atoms with van der Waals surface area (Å²) in [7, 11) is 0. The molecular formula is C15H20N4. The van der Waals surface area contributed by atoms with Crippen LogP contribution in [0.5, 0.6) is 0 Å². The van der Waals surface area contributed by atoms with Crippen molar-refractivity contribution in [1.29, 1.82) is 0 Å². The third-order valence-corrected chi connectivity index (χ3v) is 2.90. The van der Waals surface area contributed by atoms with Crippen molar-refractivity contribution in [3.05, 3.63) is 35.5 Å². The monoisotopic (exact) mass is 256 g/mol. The van der Waals surface area contributed by atoms with E-state index in [9.17, 15) is 0 Å². The van der Waals surface area contributed by atoms with Crippen molar-refractivity contribution in [2.24, 2.45) is 0 Å². The van der Waals surface area contributed by atoms with Crippen LogP contribution in [-0.4, -0.2) is 19.9 Å². The van der Waals surface area contributed by atoms with Crippen LogP contribution >= 0.6 is 0 Å². The van der Waals surface area contributed by atoms with Crippen molar-refractivity contribution in [2.75, 3.05) is 0 Å². The van der Waals surface area contributed by atoms with Gasteiger partial charge in [-0.25, -0.2) is 19.9 Å². The van der Waals surface area contributed by atoms with Gasteiger partial charge in [-0.05, 0) is 18.6 Å². The van der Waals surface area contributed by atoms with Gasteiger partial charge < -0.3 is 0 Å². The van der Waals surface area contributed by atoms with E-state index in [-0.39, 0.29) is 0 Å². The molecule has 2 aromatic rings. The van der Waals surface area contributed by atoms with E-state index in [0.717, 1.165) is 48.7 Å². The van der Waals surface area contributed by atoms with Gasteiger partial charge in [0.05, 0.1) is 0 Å². The summed E-state index contributed by atoms with van der Waals surface area (Å²) in [6.07, 6.45) is 3.71. The molecule has 0 atom stereocenters. The van der Waals surface area contributed by atoms with E-state index >= 15 is 0 Å². The van der Waals surface area contributed by atoms with Gasteiger partial charge in [-0.15, -0.1) is 0 Å². The average Bonchev–Trinajstić information content (AvgIpc) is 2.47. The summed E-state index contributed by atoms with van der Waals surface area (Å²) in [5, 5.41) is 0. The maximum Gasteiger partial charge on any atom is 0.181 e. The van der Waals surface area contributed by atoms with Crippen LogP contribution in [0, 0.1) is 0 Å². The van der Waals surface area contributed by atoms with Gasteiger partial charge in [-0.3, -0.25) is 0 Å². The zero-order valence-corrected chi connectivity index (χ0v) is 11.8. The van der Waals surface area contributed by atoms with Gasteiger partial charge >= 0.3 is 0 Å². The maximum absolute atomic E-state index is 4.63. The first kappa shape index (κ1) is 13.6. The van der Waals surface area contributed by atoms with Crippen molar-refractivity contribution in [3.63, 3.8) is 0 Å². The number of pyridine rings is 1. The Morgan fingerprint density at radius 1 is 0.842 bits per heavy atom. The first-order valence-electron chi connectivity index (χ1n) is 6.96. The number of hydrogen-bond donors (Lipinski definition) is 0. The van der Waals surface area contributed by atoms with E-state index in [4.69, 9.17) is 0 Å². The summed E-state index contributed by atoms with van der Waals surface area (Å²) < 4.78 is 0. The molecule has 2 heterocycles. The van der Waals surface area contributed by atoms with Crippen LogP contribution in [0.4, 0.5) is 0 Å². The van der Waals surface area contributed by atoms with Crippen LogP contribution in [-0.2, 0) is 19.3 Å². The van der Waals surface area contributed by atoms with Crippen molar-refractivity contribution in [1.82, 2.24) is 19.9 Å². The van der Waals surface area contributed by atoms with Crippen molar-refractivity contribution in [2.45, 2.75) is 46.5 Å². The molecule has 0 aliphatic carbocycles. The van der Waals surface area contributed by atoms with Crippen LogP contribution in [0.15, 0.2) is 18.2 Å². The fraction of sp³-hybridized carbons (Fsp3) is 0.467. The second kappa shape index (κ2) is 6.36. The van der Waals surface area contributed by atoms with E-state index in [2.05, 4.69) is 46.8 Å². The molecule has 100 valence electrons. The number of aryl methyl sites for hydroxylation is 3. The first-order valence-corrected chi connectivity index (χ1v) is 6.96. The summed E-state index contributed by atoms with van der Waals surface area (Å²) in [5.74, 6) is 2.37. The van der Waals surface area contributed by atoms with Crippen LogP contribution in [0.1, 0.15) is 44.5 Å². The molecule has 4 heteroatoms. The summed E-state index contributed by atoms with van der Waals surface area (Å²) in [6, 6.07) is 6.04. The fourth-order valence-electron chi connectivity index (χ4n) is 1.90. The highest BCUT2D eigenvalue weighted by atomic mass is 15.0. The Kier molecular flexibility index (Phi) is 4.55. The Morgan fingerprint density at radius 3 is 2.11 bits per heavy atom. The van der Waals surface area contributed by atoms with Gasteiger partial charge in [0.25, 0.3) is 0 Å². The fourth-order valence-corrected chi connectivity index (χ4v) is 1.90. The molecule has 0 saturated heterocycles. The van der Waals surface area contributed by atoms with Gasteiger partial charge in [0.2, 0.25) is 0 Å². The minimum atomic E-state index is 0.696. The van der Waals surface area contributed by atoms with Gasteiger partial charge in [0.1, 0.15) is 17.3 Å². The molecule has 0 bridgehead atoms. The smallest absolute Gasteiger partial charge is 0.181 e. The Balaban J connectivity index is 2.42. The summed E-state index contributed by atoms with van der Waals surface area (Å²) >= 11 is 0. The zero-order valence-electron chi connectivity index (χ0n) is 11.8. The molecule has 0 aromatic carbocycles. The predicted molar refractivity (Wildman–Crippen MR) is 75.8 cm³/mol. The highest BCUT2D eigenvalue weighted by Crippen LogP contribution is 2.14. The summed E-state index contributed by atoms with van der Waals surface area (Å²) in [6.45, 7) is 6.26. The number of aromatic nitrogens is 4. The largest absolute Gasteiger partial charge is 0.249 e. The number of hydrogen-bond acceptors (Lipinski definition) is 4. The Hall–Kier alpha value is -1.84. The second-order valence-corrected chi connectivity index (χ2v) is 4.46. The lowest BCUT2D eigenvalue weighted by Crippen LogP contribution is -2.05. The highest BCUT2D eigenvalue weighted by Gasteiger charge is 2.08. The lowest BCUT2D eigenvalue weighted by molar-refractivity contribution is 0.825. The standard InChI is InChI=1S/C15H20N4/c1-4-8-11-9-7-10-12(16-11)15-18-13(5-2)17-14(6-3)19-15/h7,9-10H,4-6,8H2,1-3H3. The van der Waals surface area contributed by atoms with Crippen LogP contribution in [0.2, 0.25) is 0 Å². The first-order chi connectivity index (χ1) is 9.26. The minimum absolute atomic E-state index is 0.696. The van der Waals surface area contributed by atoms with Crippen molar-refractivity contribution < 1.29 is 0 Å². The van der Waals surface area contributed by atoms with Gasteiger partial charge in [0, 0.05) is 18.5 Å². The minimum Gasteiger partial charge on any atom is -0.249 e. The van der Waals surface area contributed by atoms with E-state index < -0.39 is 0 Å². The third-order valence-electron chi connectivity index (χ3n) is 2.90. The third kappa shape index (κ3) is 3.34. The molecular weight excluding hydrogens is 236 g/mol. The van der Waals surface area contributed by atoms with Gasteiger partial charge in [-0.1, -0.05) is 33.3 Å². The lowest BCUT2D eigenvalue weighted by atomic mass is 10.2. The summed E-state index contributed by atoms with van der Waals surface area (Å²) in [4.78, 5) is 18.0. The predicted octanol–water partition coefficient (Wildman–Crippen LogP) is 3.01. The molecule has 19 heavy (non-hydrogen) atoms. The van der Waals surface area contributed by atoms with Crippen LogP contribution in [0.25, 0.3) is 11.5 Å². The SMILES string of the molecule is CCCc1cccc(-c2nc(CC)nc(CC)n2)n1. The molecule has 0 radical (unpaired) electrons.